The molecular weight excluding hydrogens is 326 g/mol. The van der Waals surface area contributed by atoms with Crippen LogP contribution in [0.2, 0.25) is 0 Å². The second-order valence-electron chi connectivity index (χ2n) is 4.61. The maximum absolute atomic E-state index is 12.5. The monoisotopic (exact) mass is 339 g/mol. The van der Waals surface area contributed by atoms with Crippen LogP contribution >= 0.6 is 0 Å². The zero-order valence-corrected chi connectivity index (χ0v) is 13.3. The van der Waals surface area contributed by atoms with Gasteiger partial charge in [0.2, 0.25) is 9.84 Å². The number of hydrogen-bond acceptors (Lipinski definition) is 6. The Morgan fingerprint density at radius 1 is 1.04 bits per heavy atom. The highest BCUT2D eigenvalue weighted by Gasteiger charge is 2.19. The molecular formula is C17H13N3O3S. The summed E-state index contributed by atoms with van der Waals surface area (Å²) in [6.07, 6.45) is 1.16. The summed E-state index contributed by atoms with van der Waals surface area (Å²) in [5, 5.41) is 20.1. The number of nitriles is 2. The van der Waals surface area contributed by atoms with Crippen LogP contribution in [0.15, 0.2) is 71.3 Å². The van der Waals surface area contributed by atoms with Crippen LogP contribution in [0.4, 0.5) is 5.69 Å². The molecule has 0 aliphatic carbocycles. The van der Waals surface area contributed by atoms with Gasteiger partial charge in [0.25, 0.3) is 0 Å². The van der Waals surface area contributed by atoms with E-state index in [9.17, 15) is 8.42 Å². The molecule has 1 N–H and O–H groups in total. The van der Waals surface area contributed by atoms with Gasteiger partial charge in [-0.3, -0.25) is 0 Å². The van der Waals surface area contributed by atoms with E-state index in [0.717, 1.165) is 6.20 Å². The predicted octanol–water partition coefficient (Wildman–Crippen LogP) is 2.84. The predicted molar refractivity (Wildman–Crippen MR) is 88.5 cm³/mol. The number of nitrogens with zero attached hydrogens (tertiary/aromatic N) is 2. The fourth-order valence-electron chi connectivity index (χ4n) is 1.82. The van der Waals surface area contributed by atoms with Gasteiger partial charge < -0.3 is 10.1 Å². The van der Waals surface area contributed by atoms with Crippen LogP contribution in [-0.2, 0) is 9.84 Å². The van der Waals surface area contributed by atoms with Crippen molar-refractivity contribution in [1.82, 2.24) is 0 Å². The van der Waals surface area contributed by atoms with E-state index in [1.54, 1.807) is 54.6 Å². The number of hydrogen-bond donors (Lipinski definition) is 1. The van der Waals surface area contributed by atoms with E-state index in [4.69, 9.17) is 15.3 Å². The average molecular weight is 339 g/mol. The molecule has 0 spiro atoms. The van der Waals surface area contributed by atoms with Gasteiger partial charge in [-0.1, -0.05) is 30.3 Å². The van der Waals surface area contributed by atoms with Crippen LogP contribution < -0.4 is 10.1 Å². The molecule has 2 aromatic carbocycles. The number of sulfone groups is 1. The van der Waals surface area contributed by atoms with E-state index in [1.165, 1.54) is 12.1 Å². The first-order valence-corrected chi connectivity index (χ1v) is 8.48. The number of anilines is 1. The van der Waals surface area contributed by atoms with Crippen molar-refractivity contribution in [3.05, 3.63) is 66.4 Å². The fraction of sp³-hybridized carbons (Fsp3) is 0.0588. The summed E-state index contributed by atoms with van der Waals surface area (Å²) in [6.45, 7) is 0. The highest BCUT2D eigenvalue weighted by atomic mass is 32.2. The summed E-state index contributed by atoms with van der Waals surface area (Å²) in [4.78, 5) is 0.0208. The Balaban J connectivity index is 2.23. The molecule has 2 rings (SSSR count). The number of nitrogens with one attached hydrogen (secondary N) is 1. The summed E-state index contributed by atoms with van der Waals surface area (Å²) < 4.78 is 30.3. The molecule has 0 radical (unpaired) electrons. The van der Waals surface area contributed by atoms with Crippen molar-refractivity contribution in [3.8, 4) is 17.9 Å². The van der Waals surface area contributed by atoms with E-state index in [0.29, 0.717) is 5.75 Å². The Hall–Kier alpha value is -3.29. The van der Waals surface area contributed by atoms with Gasteiger partial charge in [0.05, 0.1) is 10.6 Å². The van der Waals surface area contributed by atoms with E-state index >= 15 is 0 Å². The molecule has 0 unspecified atom stereocenters. The van der Waals surface area contributed by atoms with Crippen molar-refractivity contribution in [2.24, 2.45) is 0 Å². The molecule has 0 aromatic heterocycles. The first kappa shape index (κ1) is 17.1. The third kappa shape index (κ3) is 4.35. The molecule has 120 valence electrons. The zero-order chi connectivity index (χ0) is 17.4. The van der Waals surface area contributed by atoms with Crippen molar-refractivity contribution in [1.29, 1.82) is 10.5 Å². The topological polar surface area (TPSA) is 103 Å². The average Bonchev–Trinajstić information content (AvgIpc) is 2.62. The molecule has 2 aromatic rings. The van der Waals surface area contributed by atoms with E-state index in [2.05, 4.69) is 5.32 Å². The highest BCUT2D eigenvalue weighted by molar-refractivity contribution is 7.91. The number of ether oxygens (including phenoxy) is 1. The lowest BCUT2D eigenvalue weighted by atomic mass is 10.3. The van der Waals surface area contributed by atoms with Crippen LogP contribution in [0.5, 0.6) is 5.75 Å². The quantitative estimate of drug-likeness (QED) is 0.812. The normalized spacial score (nSPS) is 10.1. The SMILES string of the molecule is N#CC(C#N)=CNc1ccccc1S(=O)(=O)COc1ccccc1. The third-order valence-corrected chi connectivity index (χ3v) is 4.41. The van der Waals surface area contributed by atoms with Gasteiger partial charge in [-0.15, -0.1) is 0 Å². The van der Waals surface area contributed by atoms with Crippen LogP contribution in [0.3, 0.4) is 0 Å². The lowest BCUT2D eigenvalue weighted by Gasteiger charge is -2.11. The molecule has 0 amide bonds. The zero-order valence-electron chi connectivity index (χ0n) is 12.5. The molecule has 24 heavy (non-hydrogen) atoms. The maximum atomic E-state index is 12.5. The van der Waals surface area contributed by atoms with E-state index in [1.807, 2.05) is 0 Å². The largest absolute Gasteiger partial charge is 0.477 e. The molecule has 7 heteroatoms. The van der Waals surface area contributed by atoms with Crippen molar-refractivity contribution in [3.63, 3.8) is 0 Å². The molecule has 0 saturated heterocycles. The van der Waals surface area contributed by atoms with Crippen LogP contribution in [-0.4, -0.2) is 14.4 Å². The van der Waals surface area contributed by atoms with Crippen LogP contribution in [0, 0.1) is 22.7 Å². The maximum Gasteiger partial charge on any atom is 0.215 e. The minimum atomic E-state index is -3.73. The minimum absolute atomic E-state index is 0.0208. The smallest absolute Gasteiger partial charge is 0.215 e. The summed E-state index contributed by atoms with van der Waals surface area (Å²) in [7, 11) is -3.73. The van der Waals surface area contributed by atoms with Crippen LogP contribution in [0.1, 0.15) is 0 Å². The van der Waals surface area contributed by atoms with Crippen molar-refractivity contribution < 1.29 is 13.2 Å². The van der Waals surface area contributed by atoms with Gasteiger partial charge in [-0.25, -0.2) is 8.42 Å². The Labute approximate surface area is 140 Å². The Morgan fingerprint density at radius 2 is 1.67 bits per heavy atom. The number of rotatable bonds is 6. The minimum Gasteiger partial charge on any atom is -0.477 e. The molecule has 0 saturated carbocycles. The van der Waals surface area contributed by atoms with Crippen molar-refractivity contribution in [2.75, 3.05) is 11.3 Å². The standard InChI is InChI=1S/C17H13N3O3S/c18-10-14(11-19)12-20-16-8-4-5-9-17(16)24(21,22)13-23-15-6-2-1-3-7-15/h1-9,12,20H,13H2. The first-order chi connectivity index (χ1) is 11.6. The molecule has 0 atom stereocenters. The van der Waals surface area contributed by atoms with Gasteiger partial charge in [0, 0.05) is 6.20 Å². The molecule has 0 aliphatic rings. The molecule has 6 nitrogen and oxygen atoms in total. The first-order valence-electron chi connectivity index (χ1n) is 6.83. The van der Waals surface area contributed by atoms with E-state index in [-0.39, 0.29) is 16.2 Å². The molecule has 0 aliphatic heterocycles. The third-order valence-electron chi connectivity index (χ3n) is 2.96. The molecule has 0 heterocycles. The summed E-state index contributed by atoms with van der Waals surface area (Å²) in [5.74, 6) is -0.0781. The van der Waals surface area contributed by atoms with Gasteiger partial charge in [0.15, 0.2) is 5.94 Å². The summed E-state index contributed by atoms with van der Waals surface area (Å²) in [6, 6.07) is 18.2. The summed E-state index contributed by atoms with van der Waals surface area (Å²) in [5.41, 5.74) is 0.0971. The van der Waals surface area contributed by atoms with Gasteiger partial charge >= 0.3 is 0 Å². The second kappa shape index (κ2) is 7.82. The van der Waals surface area contributed by atoms with Crippen molar-refractivity contribution >= 4 is 15.5 Å². The van der Waals surface area contributed by atoms with E-state index < -0.39 is 15.8 Å². The lowest BCUT2D eigenvalue weighted by Crippen LogP contribution is -2.14. The Bertz CT molecular complexity index is 908. The Kier molecular flexibility index (Phi) is 5.56. The highest BCUT2D eigenvalue weighted by Crippen LogP contribution is 2.23. The fourth-order valence-corrected chi connectivity index (χ4v) is 2.99. The molecule has 0 fully saturated rings. The van der Waals surface area contributed by atoms with Crippen molar-refractivity contribution in [2.45, 2.75) is 4.90 Å². The second-order valence-corrected chi connectivity index (χ2v) is 6.52. The number of benzene rings is 2. The number of para-hydroxylation sites is 2. The Morgan fingerprint density at radius 3 is 2.33 bits per heavy atom. The van der Waals surface area contributed by atoms with Crippen LogP contribution in [0.25, 0.3) is 0 Å². The number of allylic oxidation sites excluding steroid dienone is 1. The van der Waals surface area contributed by atoms with Gasteiger partial charge in [0.1, 0.15) is 23.5 Å². The molecule has 0 bridgehead atoms. The summed E-state index contributed by atoms with van der Waals surface area (Å²) >= 11 is 0. The van der Waals surface area contributed by atoms with Gasteiger partial charge in [-0.2, -0.15) is 10.5 Å². The lowest BCUT2D eigenvalue weighted by molar-refractivity contribution is 0.376. The van der Waals surface area contributed by atoms with Gasteiger partial charge in [-0.05, 0) is 24.3 Å².